The van der Waals surface area contributed by atoms with Crippen LogP contribution in [0.1, 0.15) is 15.9 Å². The molecule has 2 aromatic rings. The molecule has 21 heavy (non-hydrogen) atoms. The third-order valence-electron chi connectivity index (χ3n) is 2.52. The highest BCUT2D eigenvalue weighted by atomic mass is 32.2. The molecule has 2 rings (SSSR count). The fourth-order valence-electron chi connectivity index (χ4n) is 1.57. The Morgan fingerprint density at radius 2 is 1.86 bits per heavy atom. The summed E-state index contributed by atoms with van der Waals surface area (Å²) in [6.45, 7) is -0.310. The van der Waals surface area contributed by atoms with Gasteiger partial charge in [0.2, 0.25) is 5.12 Å². The first-order valence-electron chi connectivity index (χ1n) is 6.12. The predicted octanol–water partition coefficient (Wildman–Crippen LogP) is 3.03. The Morgan fingerprint density at radius 1 is 1.10 bits per heavy atom. The van der Waals surface area contributed by atoms with Crippen LogP contribution in [-0.4, -0.2) is 17.7 Å². The number of thioether (sulfide) groups is 1. The van der Waals surface area contributed by atoms with Gasteiger partial charge >= 0.3 is 5.97 Å². The highest BCUT2D eigenvalue weighted by Gasteiger charge is 2.11. The molecule has 0 saturated carbocycles. The number of carbonyl (C=O) groups is 2. The van der Waals surface area contributed by atoms with Gasteiger partial charge in [0.05, 0.1) is 17.2 Å². The Hall–Kier alpha value is -2.58. The van der Waals surface area contributed by atoms with E-state index >= 15 is 0 Å². The lowest BCUT2D eigenvalue weighted by Crippen LogP contribution is -2.11. The van der Waals surface area contributed by atoms with Crippen LogP contribution in [0.4, 0.5) is 0 Å². The van der Waals surface area contributed by atoms with Gasteiger partial charge in [-0.05, 0) is 42.1 Å². The van der Waals surface area contributed by atoms with Crippen molar-refractivity contribution in [2.45, 2.75) is 4.90 Å². The van der Waals surface area contributed by atoms with E-state index < -0.39 is 5.97 Å². The van der Waals surface area contributed by atoms with Crippen molar-refractivity contribution in [1.82, 2.24) is 0 Å². The summed E-state index contributed by atoms with van der Waals surface area (Å²) in [6, 6.07) is 17.2. The molecule has 0 amide bonds. The SMILES string of the molecule is N#Cc1cccc(C(=O)OCC(=O)Sc2ccccc2)c1. The summed E-state index contributed by atoms with van der Waals surface area (Å²) in [5.41, 5.74) is 0.626. The molecule has 0 radical (unpaired) electrons. The van der Waals surface area contributed by atoms with Crippen LogP contribution in [-0.2, 0) is 9.53 Å². The lowest BCUT2D eigenvalue weighted by molar-refractivity contribution is -0.113. The minimum atomic E-state index is -0.617. The van der Waals surface area contributed by atoms with Gasteiger partial charge in [-0.3, -0.25) is 4.79 Å². The molecule has 5 heteroatoms. The molecule has 0 aliphatic carbocycles. The second-order valence-corrected chi connectivity index (χ2v) is 5.19. The molecule has 0 heterocycles. The van der Waals surface area contributed by atoms with Gasteiger partial charge in [-0.25, -0.2) is 4.79 Å². The Morgan fingerprint density at radius 3 is 2.57 bits per heavy atom. The molecular weight excluding hydrogens is 286 g/mol. The second-order valence-electron chi connectivity index (χ2n) is 4.06. The highest BCUT2D eigenvalue weighted by molar-refractivity contribution is 8.13. The summed E-state index contributed by atoms with van der Waals surface area (Å²) in [7, 11) is 0. The molecule has 0 spiro atoms. The van der Waals surface area contributed by atoms with E-state index in [-0.39, 0.29) is 17.3 Å². The van der Waals surface area contributed by atoms with Crippen molar-refractivity contribution in [3.63, 3.8) is 0 Å². The van der Waals surface area contributed by atoms with E-state index in [1.54, 1.807) is 24.3 Å². The van der Waals surface area contributed by atoms with E-state index in [0.717, 1.165) is 16.7 Å². The summed E-state index contributed by atoms with van der Waals surface area (Å²) in [5, 5.41) is 8.51. The Labute approximate surface area is 126 Å². The smallest absolute Gasteiger partial charge is 0.338 e. The average molecular weight is 297 g/mol. The Balaban J connectivity index is 1.89. The summed E-state index contributed by atoms with van der Waals surface area (Å²) < 4.78 is 4.94. The number of hydrogen-bond donors (Lipinski definition) is 0. The molecule has 104 valence electrons. The van der Waals surface area contributed by atoms with Gasteiger partial charge in [-0.2, -0.15) is 5.26 Å². The maximum atomic E-state index is 11.8. The van der Waals surface area contributed by atoms with Gasteiger partial charge in [0.15, 0.2) is 6.61 Å². The number of hydrogen-bond acceptors (Lipinski definition) is 5. The zero-order valence-corrected chi connectivity index (χ0v) is 11.8. The predicted molar refractivity (Wildman–Crippen MR) is 78.7 cm³/mol. The maximum Gasteiger partial charge on any atom is 0.338 e. The fourth-order valence-corrected chi connectivity index (χ4v) is 2.25. The largest absolute Gasteiger partial charge is 0.453 e. The van der Waals surface area contributed by atoms with Crippen LogP contribution in [0.2, 0.25) is 0 Å². The van der Waals surface area contributed by atoms with Crippen molar-refractivity contribution in [2.75, 3.05) is 6.61 Å². The number of benzene rings is 2. The third-order valence-corrected chi connectivity index (χ3v) is 3.38. The fraction of sp³-hybridized carbons (Fsp3) is 0.0625. The van der Waals surface area contributed by atoms with Crippen molar-refractivity contribution >= 4 is 22.8 Å². The molecule has 0 aromatic heterocycles. The molecule has 0 atom stereocenters. The number of carbonyl (C=O) groups excluding carboxylic acids is 2. The first kappa shape index (κ1) is 14.8. The number of ether oxygens (including phenoxy) is 1. The molecule has 0 aliphatic heterocycles. The summed E-state index contributed by atoms with van der Waals surface area (Å²) in [6.07, 6.45) is 0. The molecular formula is C16H11NO3S. The van der Waals surface area contributed by atoms with Crippen molar-refractivity contribution in [3.8, 4) is 6.07 Å². The quantitative estimate of drug-likeness (QED) is 0.641. The van der Waals surface area contributed by atoms with Crippen molar-refractivity contribution in [2.24, 2.45) is 0 Å². The lowest BCUT2D eigenvalue weighted by Gasteiger charge is -2.04. The molecule has 0 aliphatic rings. The highest BCUT2D eigenvalue weighted by Crippen LogP contribution is 2.18. The second kappa shape index (κ2) is 7.27. The molecule has 0 unspecified atom stereocenters. The minimum Gasteiger partial charge on any atom is -0.453 e. The van der Waals surface area contributed by atoms with Gasteiger partial charge < -0.3 is 4.74 Å². The van der Waals surface area contributed by atoms with Crippen LogP contribution in [0.25, 0.3) is 0 Å². The number of esters is 1. The minimum absolute atomic E-state index is 0.256. The van der Waals surface area contributed by atoms with Crippen LogP contribution in [0, 0.1) is 11.3 Å². The van der Waals surface area contributed by atoms with E-state index in [9.17, 15) is 9.59 Å². The van der Waals surface area contributed by atoms with Gasteiger partial charge in [0, 0.05) is 4.90 Å². The van der Waals surface area contributed by atoms with Crippen molar-refractivity contribution in [1.29, 1.82) is 5.26 Å². The molecule has 0 N–H and O–H groups in total. The van der Waals surface area contributed by atoms with Gasteiger partial charge in [0.1, 0.15) is 0 Å². The normalized spacial score (nSPS) is 9.67. The summed E-state index contributed by atoms with van der Waals surface area (Å²) in [4.78, 5) is 24.3. The average Bonchev–Trinajstić information content (AvgIpc) is 2.53. The molecule has 0 saturated heterocycles. The molecule has 4 nitrogen and oxygen atoms in total. The maximum absolute atomic E-state index is 11.8. The van der Waals surface area contributed by atoms with E-state index in [4.69, 9.17) is 10.00 Å². The van der Waals surface area contributed by atoms with E-state index in [0.29, 0.717) is 5.56 Å². The van der Waals surface area contributed by atoms with Crippen LogP contribution >= 0.6 is 11.8 Å². The van der Waals surface area contributed by atoms with Crippen LogP contribution in [0.3, 0.4) is 0 Å². The first-order chi connectivity index (χ1) is 10.2. The first-order valence-corrected chi connectivity index (χ1v) is 6.94. The Kier molecular flexibility index (Phi) is 5.13. The van der Waals surface area contributed by atoms with E-state index in [1.165, 1.54) is 12.1 Å². The molecule has 0 bridgehead atoms. The van der Waals surface area contributed by atoms with Crippen LogP contribution < -0.4 is 0 Å². The van der Waals surface area contributed by atoms with Crippen LogP contribution in [0.5, 0.6) is 0 Å². The zero-order chi connectivity index (χ0) is 15.1. The topological polar surface area (TPSA) is 67.2 Å². The summed E-state index contributed by atoms with van der Waals surface area (Å²) >= 11 is 1.02. The number of nitrogens with zero attached hydrogens (tertiary/aromatic N) is 1. The molecule has 0 fully saturated rings. The monoisotopic (exact) mass is 297 g/mol. The molecule has 2 aromatic carbocycles. The van der Waals surface area contributed by atoms with Crippen molar-refractivity contribution < 1.29 is 14.3 Å². The van der Waals surface area contributed by atoms with E-state index in [2.05, 4.69) is 0 Å². The Bertz CT molecular complexity index is 692. The van der Waals surface area contributed by atoms with Crippen molar-refractivity contribution in [3.05, 3.63) is 65.7 Å². The zero-order valence-electron chi connectivity index (χ0n) is 11.0. The third kappa shape index (κ3) is 4.48. The standard InChI is InChI=1S/C16H11NO3S/c17-10-12-5-4-6-13(9-12)16(19)20-11-15(18)21-14-7-2-1-3-8-14/h1-9H,11H2. The number of nitriles is 1. The van der Waals surface area contributed by atoms with Crippen LogP contribution in [0.15, 0.2) is 59.5 Å². The van der Waals surface area contributed by atoms with Gasteiger partial charge in [0.25, 0.3) is 0 Å². The number of rotatable bonds is 4. The van der Waals surface area contributed by atoms with Gasteiger partial charge in [-0.1, -0.05) is 24.3 Å². The van der Waals surface area contributed by atoms with E-state index in [1.807, 2.05) is 24.3 Å². The lowest BCUT2D eigenvalue weighted by atomic mass is 10.1. The van der Waals surface area contributed by atoms with Gasteiger partial charge in [-0.15, -0.1) is 0 Å². The summed E-state index contributed by atoms with van der Waals surface area (Å²) in [5.74, 6) is -0.617.